The zero-order valence-corrected chi connectivity index (χ0v) is 12.8. The zero-order chi connectivity index (χ0) is 15.4. The average molecular weight is 282 g/mol. The number of carbonyl (C=O) groups excluding carboxylic acids is 1. The second kappa shape index (κ2) is 6.44. The highest BCUT2D eigenvalue weighted by atomic mass is 16.1. The first-order valence-electron chi connectivity index (χ1n) is 7.20. The molecule has 3 nitrogen and oxygen atoms in total. The van der Waals surface area contributed by atoms with Gasteiger partial charge in [-0.05, 0) is 44.5 Å². The average Bonchev–Trinajstić information content (AvgIpc) is 2.46. The summed E-state index contributed by atoms with van der Waals surface area (Å²) >= 11 is 0. The number of carbonyl (C=O) groups is 1. The van der Waals surface area contributed by atoms with Crippen LogP contribution in [-0.4, -0.2) is 11.8 Å². The molecule has 0 aromatic heterocycles. The molecule has 0 heterocycles. The third-order valence-electron chi connectivity index (χ3n) is 3.57. The van der Waals surface area contributed by atoms with E-state index < -0.39 is 0 Å². The lowest BCUT2D eigenvalue weighted by atomic mass is 10.1. The lowest BCUT2D eigenvalue weighted by Gasteiger charge is -2.29. The SMILES string of the molecule is CC(=O)c1cc(N(Cc2ccccc2)C(C)C)ccc1N. The van der Waals surface area contributed by atoms with Crippen molar-refractivity contribution in [3.63, 3.8) is 0 Å². The van der Waals surface area contributed by atoms with E-state index in [2.05, 4.69) is 30.9 Å². The first-order valence-corrected chi connectivity index (χ1v) is 7.20. The summed E-state index contributed by atoms with van der Waals surface area (Å²) in [6.07, 6.45) is 0. The normalized spacial score (nSPS) is 10.7. The number of nitrogen functional groups attached to an aromatic ring is 1. The minimum atomic E-state index is -0.00207. The number of nitrogens with two attached hydrogens (primary N) is 1. The van der Waals surface area contributed by atoms with Crippen molar-refractivity contribution in [2.45, 2.75) is 33.4 Å². The van der Waals surface area contributed by atoms with Crippen molar-refractivity contribution in [3.05, 3.63) is 59.7 Å². The van der Waals surface area contributed by atoms with Crippen molar-refractivity contribution < 1.29 is 4.79 Å². The van der Waals surface area contributed by atoms with Gasteiger partial charge in [-0.15, -0.1) is 0 Å². The molecule has 0 atom stereocenters. The molecule has 2 aromatic rings. The van der Waals surface area contributed by atoms with Gasteiger partial charge in [0.1, 0.15) is 0 Å². The van der Waals surface area contributed by atoms with Crippen LogP contribution in [0.4, 0.5) is 11.4 Å². The molecule has 0 saturated heterocycles. The number of Topliss-reactive ketones (excluding diaryl/α,β-unsaturated/α-hetero) is 1. The Kier molecular flexibility index (Phi) is 4.63. The molecular formula is C18H22N2O. The molecule has 0 aliphatic rings. The minimum absolute atomic E-state index is 0.00207. The fourth-order valence-electron chi connectivity index (χ4n) is 2.38. The maximum Gasteiger partial charge on any atom is 0.161 e. The summed E-state index contributed by atoms with van der Waals surface area (Å²) in [5, 5.41) is 0. The Balaban J connectivity index is 2.35. The molecule has 0 spiro atoms. The maximum atomic E-state index is 11.7. The molecule has 0 amide bonds. The van der Waals surface area contributed by atoms with Crippen molar-refractivity contribution in [3.8, 4) is 0 Å². The van der Waals surface area contributed by atoms with E-state index in [-0.39, 0.29) is 5.78 Å². The highest BCUT2D eigenvalue weighted by Crippen LogP contribution is 2.25. The number of rotatable bonds is 5. The standard InChI is InChI=1S/C18H22N2O/c1-13(2)20(12-15-7-5-4-6-8-15)16-9-10-18(19)17(11-16)14(3)21/h4-11,13H,12,19H2,1-3H3. The molecule has 2 aromatic carbocycles. The lowest BCUT2D eigenvalue weighted by molar-refractivity contribution is 0.101. The Labute approximate surface area is 126 Å². The van der Waals surface area contributed by atoms with Gasteiger partial charge >= 0.3 is 0 Å². The van der Waals surface area contributed by atoms with Gasteiger partial charge in [0.2, 0.25) is 0 Å². The minimum Gasteiger partial charge on any atom is -0.398 e. The van der Waals surface area contributed by atoms with E-state index in [0.29, 0.717) is 17.3 Å². The zero-order valence-electron chi connectivity index (χ0n) is 12.8. The van der Waals surface area contributed by atoms with Crippen molar-refractivity contribution in [1.82, 2.24) is 0 Å². The number of hydrogen-bond donors (Lipinski definition) is 1. The maximum absolute atomic E-state index is 11.7. The van der Waals surface area contributed by atoms with Crippen LogP contribution in [0, 0.1) is 0 Å². The summed E-state index contributed by atoms with van der Waals surface area (Å²) in [4.78, 5) is 13.9. The number of hydrogen-bond acceptors (Lipinski definition) is 3. The van der Waals surface area contributed by atoms with E-state index in [1.54, 1.807) is 6.92 Å². The second-order valence-corrected chi connectivity index (χ2v) is 5.53. The Hall–Kier alpha value is -2.29. The Morgan fingerprint density at radius 3 is 2.38 bits per heavy atom. The van der Waals surface area contributed by atoms with Gasteiger partial charge in [0.05, 0.1) is 0 Å². The number of ketones is 1. The topological polar surface area (TPSA) is 46.3 Å². The largest absolute Gasteiger partial charge is 0.398 e. The van der Waals surface area contributed by atoms with Crippen LogP contribution < -0.4 is 10.6 Å². The van der Waals surface area contributed by atoms with Crippen LogP contribution in [0.2, 0.25) is 0 Å². The third-order valence-corrected chi connectivity index (χ3v) is 3.57. The molecule has 0 saturated carbocycles. The molecule has 0 aliphatic carbocycles. The van der Waals surface area contributed by atoms with Gasteiger partial charge in [-0.25, -0.2) is 0 Å². The predicted molar refractivity (Wildman–Crippen MR) is 88.6 cm³/mol. The van der Waals surface area contributed by atoms with Gasteiger partial charge in [-0.1, -0.05) is 30.3 Å². The Morgan fingerprint density at radius 1 is 1.14 bits per heavy atom. The highest BCUT2D eigenvalue weighted by Gasteiger charge is 2.14. The fraction of sp³-hybridized carbons (Fsp3) is 0.278. The van der Waals surface area contributed by atoms with Crippen LogP contribution in [0.5, 0.6) is 0 Å². The van der Waals surface area contributed by atoms with Gasteiger partial charge < -0.3 is 10.6 Å². The Bertz CT molecular complexity index is 620. The van der Waals surface area contributed by atoms with E-state index in [1.807, 2.05) is 36.4 Å². The molecule has 0 fully saturated rings. The van der Waals surface area contributed by atoms with Crippen LogP contribution in [0.1, 0.15) is 36.7 Å². The van der Waals surface area contributed by atoms with Crippen LogP contribution in [0.25, 0.3) is 0 Å². The first kappa shape index (κ1) is 15.1. The van der Waals surface area contributed by atoms with Crippen LogP contribution in [-0.2, 0) is 6.54 Å². The van der Waals surface area contributed by atoms with Crippen molar-refractivity contribution in [2.75, 3.05) is 10.6 Å². The van der Waals surface area contributed by atoms with E-state index in [0.717, 1.165) is 12.2 Å². The van der Waals surface area contributed by atoms with E-state index in [1.165, 1.54) is 5.56 Å². The monoisotopic (exact) mass is 282 g/mol. The summed E-state index contributed by atoms with van der Waals surface area (Å²) in [7, 11) is 0. The molecule has 0 unspecified atom stereocenters. The third kappa shape index (κ3) is 3.63. The number of benzene rings is 2. The molecule has 0 aliphatic heterocycles. The van der Waals surface area contributed by atoms with Crippen LogP contribution in [0.15, 0.2) is 48.5 Å². The summed E-state index contributed by atoms with van der Waals surface area (Å²) in [5.74, 6) is -0.00207. The molecule has 0 radical (unpaired) electrons. The predicted octanol–water partition coefficient (Wildman–Crippen LogP) is 3.89. The molecule has 21 heavy (non-hydrogen) atoms. The van der Waals surface area contributed by atoms with E-state index >= 15 is 0 Å². The van der Waals surface area contributed by atoms with Gasteiger partial charge in [0, 0.05) is 29.5 Å². The molecule has 3 heteroatoms. The summed E-state index contributed by atoms with van der Waals surface area (Å²) in [6.45, 7) is 6.64. The highest BCUT2D eigenvalue weighted by molar-refractivity contribution is 6.00. The summed E-state index contributed by atoms with van der Waals surface area (Å²) < 4.78 is 0. The van der Waals surface area contributed by atoms with E-state index in [4.69, 9.17) is 5.73 Å². The van der Waals surface area contributed by atoms with E-state index in [9.17, 15) is 4.79 Å². The quantitative estimate of drug-likeness (QED) is 0.668. The molecule has 2 N–H and O–H groups in total. The van der Waals surface area contributed by atoms with Crippen molar-refractivity contribution in [2.24, 2.45) is 0 Å². The Morgan fingerprint density at radius 2 is 1.81 bits per heavy atom. The summed E-state index contributed by atoms with van der Waals surface area (Å²) in [6, 6.07) is 16.3. The van der Waals surface area contributed by atoms with Crippen molar-refractivity contribution >= 4 is 17.2 Å². The molecule has 0 bridgehead atoms. The molecule has 110 valence electrons. The second-order valence-electron chi connectivity index (χ2n) is 5.53. The summed E-state index contributed by atoms with van der Waals surface area (Å²) in [5.41, 5.74) is 9.27. The molecule has 2 rings (SSSR count). The van der Waals surface area contributed by atoms with Gasteiger partial charge in [0.25, 0.3) is 0 Å². The number of nitrogens with zero attached hydrogens (tertiary/aromatic N) is 1. The number of anilines is 2. The van der Waals surface area contributed by atoms with Gasteiger partial charge in [-0.3, -0.25) is 4.79 Å². The lowest BCUT2D eigenvalue weighted by Crippen LogP contribution is -2.30. The van der Waals surface area contributed by atoms with Crippen molar-refractivity contribution in [1.29, 1.82) is 0 Å². The fourth-order valence-corrected chi connectivity index (χ4v) is 2.38. The van der Waals surface area contributed by atoms with Gasteiger partial charge in [0.15, 0.2) is 5.78 Å². The van der Waals surface area contributed by atoms with Crippen LogP contribution >= 0.6 is 0 Å². The molecular weight excluding hydrogens is 260 g/mol. The van der Waals surface area contributed by atoms with Gasteiger partial charge in [-0.2, -0.15) is 0 Å². The smallest absolute Gasteiger partial charge is 0.161 e. The van der Waals surface area contributed by atoms with Crippen LogP contribution in [0.3, 0.4) is 0 Å². The first-order chi connectivity index (χ1) is 9.99.